The van der Waals surface area contributed by atoms with Gasteiger partial charge in [-0.25, -0.2) is 4.39 Å². The number of carbonyl (C=O) groups excluding carboxylic acids is 1. The van der Waals surface area contributed by atoms with Gasteiger partial charge in [0.25, 0.3) is 0 Å². The van der Waals surface area contributed by atoms with Crippen LogP contribution in [-0.2, 0) is 4.79 Å². The zero-order valence-electron chi connectivity index (χ0n) is 11.8. The monoisotopic (exact) mass is 287 g/mol. The summed E-state index contributed by atoms with van der Waals surface area (Å²) >= 11 is 0. The Bertz CT molecular complexity index is 630. The predicted molar refractivity (Wildman–Crippen MR) is 83.8 cm³/mol. The minimum absolute atomic E-state index is 0.133. The van der Waals surface area contributed by atoms with Crippen molar-refractivity contribution in [3.8, 4) is 0 Å². The van der Waals surface area contributed by atoms with Crippen molar-refractivity contribution in [1.29, 1.82) is 0 Å². The Kier molecular flexibility index (Phi) is 4.77. The summed E-state index contributed by atoms with van der Waals surface area (Å²) in [7, 11) is 0. The topological polar surface area (TPSA) is 58.4 Å². The lowest BCUT2D eigenvalue weighted by Gasteiger charge is -2.22. The van der Waals surface area contributed by atoms with Crippen LogP contribution < -0.4 is 16.0 Å². The summed E-state index contributed by atoms with van der Waals surface area (Å²) in [6.45, 7) is 2.72. The molecule has 2 aromatic carbocycles. The van der Waals surface area contributed by atoms with Gasteiger partial charge in [-0.2, -0.15) is 0 Å². The highest BCUT2D eigenvalue weighted by molar-refractivity contribution is 5.94. The summed E-state index contributed by atoms with van der Waals surface area (Å²) in [6, 6.07) is 13.4. The van der Waals surface area contributed by atoms with Gasteiger partial charge in [-0.15, -0.1) is 0 Å². The van der Waals surface area contributed by atoms with Crippen molar-refractivity contribution in [2.45, 2.75) is 6.92 Å². The molecule has 2 aromatic rings. The molecule has 0 aromatic heterocycles. The van der Waals surface area contributed by atoms with Crippen LogP contribution >= 0.6 is 0 Å². The molecule has 0 saturated carbocycles. The highest BCUT2D eigenvalue weighted by Crippen LogP contribution is 2.18. The van der Waals surface area contributed by atoms with Gasteiger partial charge >= 0.3 is 0 Å². The highest BCUT2D eigenvalue weighted by Gasteiger charge is 2.12. The molecule has 0 unspecified atom stereocenters. The van der Waals surface area contributed by atoms with Crippen LogP contribution in [-0.4, -0.2) is 19.0 Å². The van der Waals surface area contributed by atoms with Gasteiger partial charge in [0.1, 0.15) is 5.82 Å². The van der Waals surface area contributed by atoms with Crippen LogP contribution in [0.1, 0.15) is 6.92 Å². The Labute approximate surface area is 123 Å². The van der Waals surface area contributed by atoms with E-state index in [1.54, 1.807) is 24.3 Å². The first-order valence-electron chi connectivity index (χ1n) is 6.75. The van der Waals surface area contributed by atoms with E-state index in [0.29, 0.717) is 12.2 Å². The molecule has 5 heteroatoms. The average molecular weight is 287 g/mol. The molecule has 0 spiro atoms. The number of nitrogens with one attached hydrogen (secondary N) is 1. The molecule has 4 nitrogen and oxygen atoms in total. The van der Waals surface area contributed by atoms with Crippen LogP contribution in [0.15, 0.2) is 48.5 Å². The van der Waals surface area contributed by atoms with E-state index >= 15 is 0 Å². The van der Waals surface area contributed by atoms with Crippen LogP contribution in [0.4, 0.5) is 21.5 Å². The standard InChI is InChI=1S/C16H18FN3O/c1-2-20(13-7-5-6-12(18)10-13)11-16(21)19-15-9-4-3-8-14(15)17/h3-10H,2,11,18H2,1H3,(H,19,21). The number of carbonyl (C=O) groups is 1. The Morgan fingerprint density at radius 2 is 2.00 bits per heavy atom. The molecule has 0 heterocycles. The van der Waals surface area contributed by atoms with E-state index in [1.165, 1.54) is 12.1 Å². The molecule has 0 aliphatic carbocycles. The number of hydrogen-bond donors (Lipinski definition) is 2. The second-order valence-electron chi connectivity index (χ2n) is 4.64. The Hall–Kier alpha value is -2.56. The smallest absolute Gasteiger partial charge is 0.243 e. The van der Waals surface area contributed by atoms with Crippen LogP contribution in [0.25, 0.3) is 0 Å². The fourth-order valence-electron chi connectivity index (χ4n) is 2.03. The van der Waals surface area contributed by atoms with Gasteiger partial charge in [0.05, 0.1) is 12.2 Å². The maximum atomic E-state index is 13.5. The Morgan fingerprint density at radius 1 is 1.24 bits per heavy atom. The average Bonchev–Trinajstić information content (AvgIpc) is 2.47. The first-order chi connectivity index (χ1) is 10.1. The number of benzene rings is 2. The van der Waals surface area contributed by atoms with Crippen LogP contribution in [0.3, 0.4) is 0 Å². The molecule has 0 saturated heterocycles. The summed E-state index contributed by atoms with van der Waals surface area (Å²) in [6.07, 6.45) is 0. The van der Waals surface area contributed by atoms with Crippen molar-refractivity contribution in [3.63, 3.8) is 0 Å². The van der Waals surface area contributed by atoms with Crippen molar-refractivity contribution in [3.05, 3.63) is 54.3 Å². The number of nitrogens with zero attached hydrogens (tertiary/aromatic N) is 1. The zero-order chi connectivity index (χ0) is 15.2. The summed E-state index contributed by atoms with van der Waals surface area (Å²) in [5, 5.41) is 2.57. The Balaban J connectivity index is 2.05. The lowest BCUT2D eigenvalue weighted by Crippen LogP contribution is -2.33. The number of hydrogen-bond acceptors (Lipinski definition) is 3. The van der Waals surface area contributed by atoms with Crippen LogP contribution in [0.2, 0.25) is 0 Å². The van der Waals surface area contributed by atoms with Crippen molar-refractivity contribution in [2.75, 3.05) is 29.0 Å². The molecule has 0 fully saturated rings. The van der Waals surface area contributed by atoms with E-state index in [1.807, 2.05) is 24.0 Å². The molecule has 0 bridgehead atoms. The van der Waals surface area contributed by atoms with Gasteiger partial charge < -0.3 is 16.0 Å². The van der Waals surface area contributed by atoms with Gasteiger partial charge in [0.2, 0.25) is 5.91 Å². The SMILES string of the molecule is CCN(CC(=O)Nc1ccccc1F)c1cccc(N)c1. The zero-order valence-corrected chi connectivity index (χ0v) is 11.8. The van der Waals surface area contributed by atoms with Crippen molar-refractivity contribution < 1.29 is 9.18 Å². The molecule has 1 amide bonds. The molecule has 0 radical (unpaired) electrons. The van der Waals surface area contributed by atoms with Gasteiger partial charge in [0, 0.05) is 17.9 Å². The van der Waals surface area contributed by atoms with Crippen molar-refractivity contribution in [2.24, 2.45) is 0 Å². The number of rotatable bonds is 5. The molecule has 21 heavy (non-hydrogen) atoms. The van der Waals surface area contributed by atoms with E-state index in [0.717, 1.165) is 5.69 Å². The summed E-state index contributed by atoms with van der Waals surface area (Å²) in [5.74, 6) is -0.720. The molecule has 0 atom stereocenters. The number of anilines is 3. The van der Waals surface area contributed by atoms with E-state index in [4.69, 9.17) is 5.73 Å². The number of para-hydroxylation sites is 1. The molecule has 0 aliphatic heterocycles. The second-order valence-corrected chi connectivity index (χ2v) is 4.64. The number of amides is 1. The fourth-order valence-corrected chi connectivity index (χ4v) is 2.03. The summed E-state index contributed by atoms with van der Waals surface area (Å²) in [4.78, 5) is 13.9. The minimum Gasteiger partial charge on any atom is -0.399 e. The van der Waals surface area contributed by atoms with Gasteiger partial charge in [-0.3, -0.25) is 4.79 Å². The number of halogens is 1. The quantitative estimate of drug-likeness (QED) is 0.831. The second kappa shape index (κ2) is 6.74. The van der Waals surface area contributed by atoms with E-state index < -0.39 is 5.82 Å². The molecule has 3 N–H and O–H groups in total. The van der Waals surface area contributed by atoms with Gasteiger partial charge in [-0.1, -0.05) is 18.2 Å². The fraction of sp³-hybridized carbons (Fsp3) is 0.188. The van der Waals surface area contributed by atoms with Gasteiger partial charge in [-0.05, 0) is 37.3 Å². The number of likely N-dealkylation sites (N-methyl/N-ethyl adjacent to an activating group) is 1. The Morgan fingerprint density at radius 3 is 2.67 bits per heavy atom. The van der Waals surface area contributed by atoms with E-state index in [9.17, 15) is 9.18 Å². The number of nitrogen functional groups attached to an aromatic ring is 1. The maximum absolute atomic E-state index is 13.5. The molecular formula is C16H18FN3O. The third kappa shape index (κ3) is 3.95. The van der Waals surface area contributed by atoms with Crippen LogP contribution in [0, 0.1) is 5.82 Å². The molecule has 2 rings (SSSR count). The summed E-state index contributed by atoms with van der Waals surface area (Å²) < 4.78 is 13.5. The van der Waals surface area contributed by atoms with Crippen molar-refractivity contribution in [1.82, 2.24) is 0 Å². The van der Waals surface area contributed by atoms with Gasteiger partial charge in [0.15, 0.2) is 0 Å². The highest BCUT2D eigenvalue weighted by atomic mass is 19.1. The minimum atomic E-state index is -0.446. The number of nitrogens with two attached hydrogens (primary N) is 1. The molecule has 0 aliphatic rings. The predicted octanol–water partition coefficient (Wildman–Crippen LogP) is 2.87. The lowest BCUT2D eigenvalue weighted by atomic mass is 10.2. The lowest BCUT2D eigenvalue weighted by molar-refractivity contribution is -0.115. The third-order valence-electron chi connectivity index (χ3n) is 3.10. The summed E-state index contributed by atoms with van der Waals surface area (Å²) in [5.41, 5.74) is 7.44. The molecular weight excluding hydrogens is 269 g/mol. The molecule has 110 valence electrons. The first-order valence-corrected chi connectivity index (χ1v) is 6.75. The van der Waals surface area contributed by atoms with E-state index in [2.05, 4.69) is 5.32 Å². The first kappa shape index (κ1) is 14.8. The van der Waals surface area contributed by atoms with E-state index in [-0.39, 0.29) is 18.1 Å². The maximum Gasteiger partial charge on any atom is 0.243 e. The normalized spacial score (nSPS) is 10.2. The third-order valence-corrected chi connectivity index (χ3v) is 3.10. The largest absolute Gasteiger partial charge is 0.399 e. The van der Waals surface area contributed by atoms with Crippen LogP contribution in [0.5, 0.6) is 0 Å². The van der Waals surface area contributed by atoms with Crippen molar-refractivity contribution >= 4 is 23.0 Å².